The van der Waals surface area contributed by atoms with Gasteiger partial charge in [-0.05, 0) is 18.8 Å². The van der Waals surface area contributed by atoms with E-state index in [9.17, 15) is 0 Å². The van der Waals surface area contributed by atoms with Gasteiger partial charge in [-0.3, -0.25) is 4.99 Å². The summed E-state index contributed by atoms with van der Waals surface area (Å²) >= 11 is 0. The average molecular weight is 163 g/mol. The Bertz CT molecular complexity index is 244. The summed E-state index contributed by atoms with van der Waals surface area (Å²) in [5.41, 5.74) is 2.63. The minimum Gasteiger partial charge on any atom is -0.266 e. The molecular weight excluding hydrogens is 146 g/mol. The van der Waals surface area contributed by atoms with Gasteiger partial charge in [0.05, 0.1) is 0 Å². The zero-order chi connectivity index (χ0) is 9.19. The summed E-state index contributed by atoms with van der Waals surface area (Å²) in [4.78, 5) is 4.30. The Morgan fingerprint density at radius 1 is 1.67 bits per heavy atom. The molecule has 0 fully saturated rings. The van der Waals surface area contributed by atoms with Crippen LogP contribution in [0.4, 0.5) is 0 Å². The zero-order valence-electron chi connectivity index (χ0n) is 8.22. The third-order valence-electron chi connectivity index (χ3n) is 2.49. The summed E-state index contributed by atoms with van der Waals surface area (Å²) in [6, 6.07) is 0. The molecule has 0 aliphatic carbocycles. The van der Waals surface area contributed by atoms with Crippen LogP contribution in [0.5, 0.6) is 0 Å². The Labute approximate surface area is 74.9 Å². The Balaban J connectivity index is 2.61. The molecule has 0 saturated carbocycles. The molecule has 1 heterocycles. The first-order valence-electron chi connectivity index (χ1n) is 4.40. The maximum atomic E-state index is 4.30. The Hall–Kier alpha value is -0.850. The van der Waals surface area contributed by atoms with Crippen molar-refractivity contribution in [1.82, 2.24) is 0 Å². The van der Waals surface area contributed by atoms with Crippen LogP contribution in [0.1, 0.15) is 33.6 Å². The molecule has 1 nitrogen and oxygen atoms in total. The molecule has 1 rings (SSSR count). The molecule has 1 heteroatoms. The van der Waals surface area contributed by atoms with E-state index < -0.39 is 0 Å². The molecule has 0 radical (unpaired) electrons. The maximum Gasteiger partial charge on any atom is 0.0372 e. The molecule has 0 aromatic heterocycles. The number of rotatable bonds is 3. The van der Waals surface area contributed by atoms with E-state index in [-0.39, 0.29) is 5.41 Å². The molecule has 0 spiro atoms. The molecule has 0 aromatic carbocycles. The fourth-order valence-electron chi connectivity index (χ4n) is 1.13. The molecule has 12 heavy (non-hydrogen) atoms. The molecule has 0 bridgehead atoms. The summed E-state index contributed by atoms with van der Waals surface area (Å²) in [6.45, 7) is 10.5. The van der Waals surface area contributed by atoms with Gasteiger partial charge >= 0.3 is 0 Å². The van der Waals surface area contributed by atoms with Gasteiger partial charge in [0.2, 0.25) is 0 Å². The van der Waals surface area contributed by atoms with Crippen molar-refractivity contribution in [3.05, 3.63) is 23.9 Å². The van der Waals surface area contributed by atoms with Crippen molar-refractivity contribution in [2.45, 2.75) is 33.6 Å². The first kappa shape index (κ1) is 9.24. The van der Waals surface area contributed by atoms with Gasteiger partial charge in [0.1, 0.15) is 0 Å². The van der Waals surface area contributed by atoms with Gasteiger partial charge in [0.25, 0.3) is 0 Å². The van der Waals surface area contributed by atoms with E-state index in [2.05, 4.69) is 38.4 Å². The van der Waals surface area contributed by atoms with Crippen LogP contribution >= 0.6 is 0 Å². The summed E-state index contributed by atoms with van der Waals surface area (Å²) in [6.07, 6.45) is 6.16. The summed E-state index contributed by atoms with van der Waals surface area (Å²) < 4.78 is 0. The number of hydrogen-bond acceptors (Lipinski definition) is 1. The van der Waals surface area contributed by atoms with E-state index in [0.717, 1.165) is 12.8 Å². The van der Waals surface area contributed by atoms with Crippen molar-refractivity contribution < 1.29 is 0 Å². The molecule has 0 atom stereocenters. The lowest BCUT2D eigenvalue weighted by atomic mass is 9.82. The SMILES string of the molecule is C=C(C)C(C)(C)CC1=CCC=N1. The molecule has 0 N–H and O–H groups in total. The largest absolute Gasteiger partial charge is 0.266 e. The van der Waals surface area contributed by atoms with Crippen LogP contribution in [0.3, 0.4) is 0 Å². The molecular formula is C11H17N. The third-order valence-corrected chi connectivity index (χ3v) is 2.49. The first-order chi connectivity index (χ1) is 5.52. The van der Waals surface area contributed by atoms with Crippen LogP contribution in [0.25, 0.3) is 0 Å². The van der Waals surface area contributed by atoms with Crippen molar-refractivity contribution >= 4 is 6.21 Å². The highest BCUT2D eigenvalue weighted by Gasteiger charge is 2.20. The Morgan fingerprint density at radius 3 is 2.75 bits per heavy atom. The number of aliphatic imine (C=N–C) groups is 1. The number of hydrogen-bond donors (Lipinski definition) is 0. The predicted molar refractivity (Wildman–Crippen MR) is 54.4 cm³/mol. The third kappa shape index (κ3) is 2.07. The van der Waals surface area contributed by atoms with Crippen LogP contribution in [-0.4, -0.2) is 6.21 Å². The van der Waals surface area contributed by atoms with Gasteiger partial charge in [-0.2, -0.15) is 0 Å². The highest BCUT2D eigenvalue weighted by Crippen LogP contribution is 2.33. The molecule has 66 valence electrons. The second-order valence-electron chi connectivity index (χ2n) is 4.08. The lowest BCUT2D eigenvalue weighted by Crippen LogP contribution is -2.12. The topological polar surface area (TPSA) is 12.4 Å². The van der Waals surface area contributed by atoms with E-state index in [0.29, 0.717) is 0 Å². The molecule has 0 aromatic rings. The van der Waals surface area contributed by atoms with Crippen molar-refractivity contribution in [3.63, 3.8) is 0 Å². The van der Waals surface area contributed by atoms with Crippen molar-refractivity contribution in [2.24, 2.45) is 10.4 Å². The second-order valence-corrected chi connectivity index (χ2v) is 4.08. The summed E-state index contributed by atoms with van der Waals surface area (Å²) in [5.74, 6) is 0. The highest BCUT2D eigenvalue weighted by molar-refractivity contribution is 5.64. The van der Waals surface area contributed by atoms with Crippen LogP contribution in [-0.2, 0) is 0 Å². The second kappa shape index (κ2) is 3.26. The van der Waals surface area contributed by atoms with Gasteiger partial charge in [-0.15, -0.1) is 0 Å². The zero-order valence-corrected chi connectivity index (χ0v) is 8.22. The van der Waals surface area contributed by atoms with Gasteiger partial charge < -0.3 is 0 Å². The fourth-order valence-corrected chi connectivity index (χ4v) is 1.13. The van der Waals surface area contributed by atoms with Gasteiger partial charge in [0, 0.05) is 18.3 Å². The van der Waals surface area contributed by atoms with Crippen LogP contribution < -0.4 is 0 Å². The van der Waals surface area contributed by atoms with Crippen molar-refractivity contribution in [1.29, 1.82) is 0 Å². The molecule has 0 saturated heterocycles. The van der Waals surface area contributed by atoms with E-state index in [1.807, 2.05) is 6.21 Å². The predicted octanol–water partition coefficient (Wildman–Crippen LogP) is 3.34. The maximum absolute atomic E-state index is 4.30. The van der Waals surface area contributed by atoms with E-state index in [1.165, 1.54) is 11.3 Å². The lowest BCUT2D eigenvalue weighted by molar-refractivity contribution is 0.442. The van der Waals surface area contributed by atoms with E-state index in [4.69, 9.17) is 0 Å². The Kier molecular flexibility index (Phi) is 2.51. The normalized spacial score (nSPS) is 16.4. The van der Waals surface area contributed by atoms with Crippen molar-refractivity contribution in [3.8, 4) is 0 Å². The van der Waals surface area contributed by atoms with Gasteiger partial charge in [-0.1, -0.05) is 32.1 Å². The van der Waals surface area contributed by atoms with E-state index in [1.54, 1.807) is 0 Å². The summed E-state index contributed by atoms with van der Waals surface area (Å²) in [5, 5.41) is 0. The minimum absolute atomic E-state index is 0.188. The highest BCUT2D eigenvalue weighted by atomic mass is 14.7. The van der Waals surface area contributed by atoms with Gasteiger partial charge in [0.15, 0.2) is 0 Å². The average Bonchev–Trinajstić information content (AvgIpc) is 2.38. The summed E-state index contributed by atoms with van der Waals surface area (Å²) in [7, 11) is 0. The quantitative estimate of drug-likeness (QED) is 0.566. The van der Waals surface area contributed by atoms with E-state index >= 15 is 0 Å². The number of allylic oxidation sites excluding steroid dienone is 3. The van der Waals surface area contributed by atoms with Gasteiger partial charge in [-0.25, -0.2) is 0 Å². The molecule has 0 unspecified atom stereocenters. The van der Waals surface area contributed by atoms with Crippen LogP contribution in [0.15, 0.2) is 28.9 Å². The lowest BCUT2D eigenvalue weighted by Gasteiger charge is -2.24. The van der Waals surface area contributed by atoms with Crippen LogP contribution in [0.2, 0.25) is 0 Å². The molecule has 1 aliphatic heterocycles. The first-order valence-corrected chi connectivity index (χ1v) is 4.40. The Morgan fingerprint density at radius 2 is 2.33 bits per heavy atom. The number of nitrogens with zero attached hydrogens (tertiary/aromatic N) is 1. The minimum atomic E-state index is 0.188. The smallest absolute Gasteiger partial charge is 0.0372 e. The molecule has 0 amide bonds. The molecule has 1 aliphatic rings. The standard InChI is InChI=1S/C11H17N/c1-9(2)11(3,4)8-10-6-5-7-12-10/h6-7H,1,5,8H2,2-4H3. The fraction of sp³-hybridized carbons (Fsp3) is 0.545. The van der Waals surface area contributed by atoms with Crippen LogP contribution in [0, 0.1) is 5.41 Å². The van der Waals surface area contributed by atoms with Crippen molar-refractivity contribution in [2.75, 3.05) is 0 Å². The monoisotopic (exact) mass is 163 g/mol.